The first kappa shape index (κ1) is 13.9. The topological polar surface area (TPSA) is 24.5 Å². The largest absolute Gasteiger partial charge is 0.372 e. The van der Waals surface area contributed by atoms with Crippen molar-refractivity contribution < 1.29 is 4.74 Å². The summed E-state index contributed by atoms with van der Waals surface area (Å²) in [5.41, 5.74) is 2.90. The van der Waals surface area contributed by atoms with Crippen LogP contribution in [-0.2, 0) is 11.2 Å². The molecule has 3 atom stereocenters. The van der Waals surface area contributed by atoms with Crippen LogP contribution >= 0.6 is 0 Å². The molecule has 1 aromatic rings. The Labute approximate surface area is 122 Å². The van der Waals surface area contributed by atoms with Gasteiger partial charge in [0.15, 0.2) is 0 Å². The zero-order chi connectivity index (χ0) is 13.9. The van der Waals surface area contributed by atoms with Crippen LogP contribution in [0.1, 0.15) is 32.3 Å². The summed E-state index contributed by atoms with van der Waals surface area (Å²) < 4.78 is 6.18. The third-order valence-corrected chi connectivity index (χ3v) is 4.57. The highest BCUT2D eigenvalue weighted by molar-refractivity contribution is 5.59. The van der Waals surface area contributed by atoms with Crippen molar-refractivity contribution in [2.75, 3.05) is 24.5 Å². The van der Waals surface area contributed by atoms with Gasteiger partial charge >= 0.3 is 0 Å². The molecule has 1 aromatic carbocycles. The second kappa shape index (κ2) is 6.15. The summed E-state index contributed by atoms with van der Waals surface area (Å²) in [5.74, 6) is 0. The normalized spacial score (nSPS) is 28.9. The minimum atomic E-state index is 0.396. The Kier molecular flexibility index (Phi) is 4.27. The number of nitrogens with zero attached hydrogens (tertiary/aromatic N) is 1. The van der Waals surface area contributed by atoms with Gasteiger partial charge in [-0.15, -0.1) is 0 Å². The van der Waals surface area contributed by atoms with Crippen molar-refractivity contribution in [3.63, 3.8) is 0 Å². The summed E-state index contributed by atoms with van der Waals surface area (Å²) in [6, 6.07) is 9.41. The Morgan fingerprint density at radius 3 is 2.90 bits per heavy atom. The Balaban J connectivity index is 1.59. The highest BCUT2D eigenvalue weighted by Gasteiger charge is 2.31. The molecule has 1 saturated heterocycles. The molecular formula is C17H26N2O. The second-order valence-corrected chi connectivity index (χ2v) is 6.10. The summed E-state index contributed by atoms with van der Waals surface area (Å²) in [7, 11) is 0. The monoisotopic (exact) mass is 274 g/mol. The number of likely N-dealkylation sites (N-methyl/N-ethyl adjacent to an activating group) is 1. The van der Waals surface area contributed by atoms with Gasteiger partial charge < -0.3 is 15.0 Å². The van der Waals surface area contributed by atoms with E-state index in [2.05, 4.69) is 48.3 Å². The molecule has 0 aromatic heterocycles. The lowest BCUT2D eigenvalue weighted by molar-refractivity contribution is 0.0491. The third-order valence-electron chi connectivity index (χ3n) is 4.57. The van der Waals surface area contributed by atoms with Crippen molar-refractivity contribution in [3.05, 3.63) is 29.8 Å². The van der Waals surface area contributed by atoms with E-state index in [4.69, 9.17) is 4.74 Å². The number of para-hydroxylation sites is 1. The Morgan fingerprint density at radius 2 is 2.05 bits per heavy atom. The van der Waals surface area contributed by atoms with E-state index in [-0.39, 0.29) is 0 Å². The molecule has 110 valence electrons. The highest BCUT2D eigenvalue weighted by atomic mass is 16.5. The van der Waals surface area contributed by atoms with Crippen molar-refractivity contribution >= 4 is 5.69 Å². The van der Waals surface area contributed by atoms with E-state index in [1.165, 1.54) is 30.5 Å². The van der Waals surface area contributed by atoms with Gasteiger partial charge in [-0.2, -0.15) is 0 Å². The minimum absolute atomic E-state index is 0.396. The SMILES string of the molecule is CCNCC1CCC(CN2c3ccccc3CC2C)O1. The van der Waals surface area contributed by atoms with E-state index in [1.807, 2.05) is 0 Å². The smallest absolute Gasteiger partial charge is 0.0755 e. The van der Waals surface area contributed by atoms with Crippen LogP contribution in [0, 0.1) is 0 Å². The number of rotatable bonds is 5. The van der Waals surface area contributed by atoms with Crippen molar-refractivity contribution in [2.24, 2.45) is 0 Å². The van der Waals surface area contributed by atoms with E-state index in [1.54, 1.807) is 0 Å². The average Bonchev–Trinajstić information content (AvgIpc) is 3.02. The number of nitrogens with one attached hydrogen (secondary N) is 1. The van der Waals surface area contributed by atoms with E-state index < -0.39 is 0 Å². The van der Waals surface area contributed by atoms with Gasteiger partial charge in [0.1, 0.15) is 0 Å². The zero-order valence-electron chi connectivity index (χ0n) is 12.6. The lowest BCUT2D eigenvalue weighted by atomic mass is 10.1. The number of fused-ring (bicyclic) bond motifs is 1. The fourth-order valence-electron chi connectivity index (χ4n) is 3.50. The molecule has 3 heteroatoms. The molecule has 0 aliphatic carbocycles. The maximum atomic E-state index is 6.18. The van der Waals surface area contributed by atoms with E-state index >= 15 is 0 Å². The maximum absolute atomic E-state index is 6.18. The fourth-order valence-corrected chi connectivity index (χ4v) is 3.50. The number of hydrogen-bond donors (Lipinski definition) is 1. The average molecular weight is 274 g/mol. The van der Waals surface area contributed by atoms with Gasteiger partial charge in [-0.05, 0) is 44.4 Å². The number of anilines is 1. The van der Waals surface area contributed by atoms with Gasteiger partial charge in [-0.25, -0.2) is 0 Å². The van der Waals surface area contributed by atoms with Crippen LogP contribution in [0.25, 0.3) is 0 Å². The fraction of sp³-hybridized carbons (Fsp3) is 0.647. The zero-order valence-corrected chi connectivity index (χ0v) is 12.6. The molecule has 0 spiro atoms. The van der Waals surface area contributed by atoms with Crippen LogP contribution in [0.4, 0.5) is 5.69 Å². The molecule has 20 heavy (non-hydrogen) atoms. The van der Waals surface area contributed by atoms with Crippen LogP contribution in [0.5, 0.6) is 0 Å². The van der Waals surface area contributed by atoms with Crippen molar-refractivity contribution in [3.8, 4) is 0 Å². The Hall–Kier alpha value is -1.06. The predicted molar refractivity (Wildman–Crippen MR) is 83.4 cm³/mol. The van der Waals surface area contributed by atoms with Crippen molar-refractivity contribution in [1.82, 2.24) is 5.32 Å². The van der Waals surface area contributed by atoms with Gasteiger partial charge in [-0.3, -0.25) is 0 Å². The Bertz CT molecular complexity index is 448. The van der Waals surface area contributed by atoms with Crippen LogP contribution in [0.3, 0.4) is 0 Å². The van der Waals surface area contributed by atoms with E-state index in [9.17, 15) is 0 Å². The highest BCUT2D eigenvalue weighted by Crippen LogP contribution is 2.33. The summed E-state index contributed by atoms with van der Waals surface area (Å²) in [4.78, 5) is 2.54. The molecule has 0 saturated carbocycles. The first-order chi connectivity index (χ1) is 9.78. The van der Waals surface area contributed by atoms with E-state index in [0.717, 1.165) is 19.6 Å². The maximum Gasteiger partial charge on any atom is 0.0755 e. The van der Waals surface area contributed by atoms with Gasteiger partial charge in [-0.1, -0.05) is 25.1 Å². The standard InChI is InChI=1S/C17H26N2O/c1-3-18-11-15-8-9-16(20-15)12-19-13(2)10-14-6-4-5-7-17(14)19/h4-7,13,15-16,18H,3,8-12H2,1-2H3. The molecule has 3 nitrogen and oxygen atoms in total. The first-order valence-corrected chi connectivity index (χ1v) is 7.98. The van der Waals surface area contributed by atoms with Crippen LogP contribution in [-0.4, -0.2) is 37.9 Å². The van der Waals surface area contributed by atoms with Gasteiger partial charge in [0.05, 0.1) is 12.2 Å². The molecule has 2 aliphatic heterocycles. The Morgan fingerprint density at radius 1 is 1.25 bits per heavy atom. The summed E-state index contributed by atoms with van der Waals surface area (Å²) in [6.45, 7) is 7.54. The first-order valence-electron chi connectivity index (χ1n) is 7.98. The number of hydrogen-bond acceptors (Lipinski definition) is 3. The van der Waals surface area contributed by atoms with Crippen LogP contribution in [0.2, 0.25) is 0 Å². The molecule has 3 unspecified atom stereocenters. The molecule has 0 radical (unpaired) electrons. The molecule has 2 heterocycles. The molecule has 1 fully saturated rings. The molecular weight excluding hydrogens is 248 g/mol. The molecule has 1 N–H and O–H groups in total. The van der Waals surface area contributed by atoms with Crippen molar-refractivity contribution in [2.45, 2.75) is 51.4 Å². The second-order valence-electron chi connectivity index (χ2n) is 6.10. The lowest BCUT2D eigenvalue weighted by Crippen LogP contribution is -2.37. The predicted octanol–water partition coefficient (Wildman–Crippen LogP) is 2.59. The van der Waals surface area contributed by atoms with Gasteiger partial charge in [0.2, 0.25) is 0 Å². The molecule has 3 rings (SSSR count). The lowest BCUT2D eigenvalue weighted by Gasteiger charge is -2.28. The minimum Gasteiger partial charge on any atom is -0.372 e. The number of benzene rings is 1. The third kappa shape index (κ3) is 2.84. The van der Waals surface area contributed by atoms with Crippen molar-refractivity contribution in [1.29, 1.82) is 0 Å². The van der Waals surface area contributed by atoms with Crippen LogP contribution in [0.15, 0.2) is 24.3 Å². The summed E-state index contributed by atoms with van der Waals surface area (Å²) in [6.07, 6.45) is 4.37. The van der Waals surface area contributed by atoms with Crippen LogP contribution < -0.4 is 10.2 Å². The van der Waals surface area contributed by atoms with E-state index in [0.29, 0.717) is 18.2 Å². The molecule has 0 amide bonds. The summed E-state index contributed by atoms with van der Waals surface area (Å²) >= 11 is 0. The molecule has 2 aliphatic rings. The number of ether oxygens (including phenoxy) is 1. The summed E-state index contributed by atoms with van der Waals surface area (Å²) in [5, 5.41) is 3.39. The van der Waals surface area contributed by atoms with Gasteiger partial charge in [0.25, 0.3) is 0 Å². The van der Waals surface area contributed by atoms with Gasteiger partial charge in [0, 0.05) is 24.8 Å². The molecule has 0 bridgehead atoms. The quantitative estimate of drug-likeness (QED) is 0.893.